The number of rotatable bonds is 4. The summed E-state index contributed by atoms with van der Waals surface area (Å²) >= 11 is 11.0. The van der Waals surface area contributed by atoms with Crippen molar-refractivity contribution in [1.29, 1.82) is 0 Å². The Hall–Kier alpha value is 0.280. The van der Waals surface area contributed by atoms with Crippen LogP contribution in [0.25, 0.3) is 0 Å². The number of nitrogens with one attached hydrogen (secondary N) is 1. The van der Waals surface area contributed by atoms with E-state index < -0.39 is 0 Å². The molecule has 0 aromatic heterocycles. The van der Waals surface area contributed by atoms with Crippen molar-refractivity contribution in [3.63, 3.8) is 0 Å². The fourth-order valence-electron chi connectivity index (χ4n) is 0.756. The Morgan fingerprint density at radius 2 is 2.30 bits per heavy atom. The lowest BCUT2D eigenvalue weighted by Gasteiger charge is -1.99. The van der Waals surface area contributed by atoms with Gasteiger partial charge in [0.05, 0.1) is 0 Å². The van der Waals surface area contributed by atoms with Gasteiger partial charge in [-0.05, 0) is 25.3 Å². The van der Waals surface area contributed by atoms with Crippen LogP contribution in [-0.2, 0) is 0 Å². The molecule has 0 atom stereocenters. The Labute approximate surface area is 71.4 Å². The molecule has 0 aromatic carbocycles. The monoisotopic (exact) mass is 179 g/mol. The zero-order valence-electron chi connectivity index (χ0n) is 5.74. The Balaban J connectivity index is 1.93. The van der Waals surface area contributed by atoms with Crippen LogP contribution in [0.4, 0.5) is 0 Å². The number of halogens is 2. The molecule has 10 heavy (non-hydrogen) atoms. The Kier molecular flexibility index (Phi) is 3.53. The van der Waals surface area contributed by atoms with E-state index >= 15 is 0 Å². The van der Waals surface area contributed by atoms with E-state index in [4.69, 9.17) is 23.2 Å². The third kappa shape index (κ3) is 3.45. The molecule has 0 radical (unpaired) electrons. The lowest BCUT2D eigenvalue weighted by molar-refractivity contribution is 0.680. The molecule has 58 valence electrons. The second kappa shape index (κ2) is 4.22. The van der Waals surface area contributed by atoms with Crippen molar-refractivity contribution >= 4 is 23.2 Å². The minimum absolute atomic E-state index is 0.683. The maximum Gasteiger partial charge on any atom is 0.0431 e. The third-order valence-corrected chi connectivity index (χ3v) is 2.16. The van der Waals surface area contributed by atoms with Crippen LogP contribution in [0, 0.1) is 5.92 Å². The van der Waals surface area contributed by atoms with Gasteiger partial charge >= 0.3 is 0 Å². The zero-order chi connectivity index (χ0) is 7.40. The average molecular weight is 180 g/mol. The summed E-state index contributed by atoms with van der Waals surface area (Å²) in [6.07, 6.45) is 2.74. The second-order valence-electron chi connectivity index (χ2n) is 2.63. The van der Waals surface area contributed by atoms with Crippen LogP contribution in [0.3, 0.4) is 0 Å². The van der Waals surface area contributed by atoms with Crippen LogP contribution in [0.15, 0.2) is 10.6 Å². The van der Waals surface area contributed by atoms with Crippen LogP contribution in [0.5, 0.6) is 0 Å². The molecule has 1 fully saturated rings. The standard InChI is InChI=1S/C7H11Cl2N/c8-3-7(9)5-10-4-6-1-2-6/h3,6,10H,1-2,4-5H2/b7-3+. The van der Waals surface area contributed by atoms with E-state index in [-0.39, 0.29) is 0 Å². The second-order valence-corrected chi connectivity index (χ2v) is 3.33. The molecule has 3 heteroatoms. The third-order valence-electron chi connectivity index (χ3n) is 1.54. The summed E-state index contributed by atoms with van der Waals surface area (Å²) in [6, 6.07) is 0. The molecule has 0 spiro atoms. The van der Waals surface area contributed by atoms with Crippen molar-refractivity contribution in [2.75, 3.05) is 13.1 Å². The molecule has 1 saturated carbocycles. The van der Waals surface area contributed by atoms with E-state index in [1.807, 2.05) is 0 Å². The first kappa shape index (κ1) is 8.38. The molecule has 0 heterocycles. The average Bonchev–Trinajstić information content (AvgIpc) is 2.71. The Morgan fingerprint density at radius 1 is 1.60 bits per heavy atom. The van der Waals surface area contributed by atoms with Gasteiger partial charge in [-0.15, -0.1) is 0 Å². The normalized spacial score (nSPS) is 19.6. The minimum atomic E-state index is 0.683. The molecule has 0 aromatic rings. The van der Waals surface area contributed by atoms with Crippen LogP contribution in [-0.4, -0.2) is 13.1 Å². The zero-order valence-corrected chi connectivity index (χ0v) is 7.25. The van der Waals surface area contributed by atoms with Crippen molar-refractivity contribution in [3.05, 3.63) is 10.6 Å². The highest BCUT2D eigenvalue weighted by molar-refractivity contribution is 6.36. The van der Waals surface area contributed by atoms with Crippen LogP contribution in [0.1, 0.15) is 12.8 Å². The lowest BCUT2D eigenvalue weighted by Crippen LogP contribution is -2.17. The summed E-state index contributed by atoms with van der Waals surface area (Å²) in [5.74, 6) is 0.903. The summed E-state index contributed by atoms with van der Waals surface area (Å²) in [4.78, 5) is 0. The molecule has 1 N–H and O–H groups in total. The van der Waals surface area contributed by atoms with Gasteiger partial charge in [0, 0.05) is 17.1 Å². The Bertz CT molecular complexity index is 130. The molecule has 1 aliphatic rings. The van der Waals surface area contributed by atoms with Crippen molar-refractivity contribution in [2.45, 2.75) is 12.8 Å². The SMILES string of the molecule is Cl/C=C(/Cl)CNCC1CC1. The van der Waals surface area contributed by atoms with Crippen molar-refractivity contribution in [1.82, 2.24) is 5.32 Å². The van der Waals surface area contributed by atoms with Crippen LogP contribution < -0.4 is 5.32 Å². The Morgan fingerprint density at radius 3 is 2.80 bits per heavy atom. The molecule has 0 unspecified atom stereocenters. The van der Waals surface area contributed by atoms with Crippen molar-refractivity contribution in [3.8, 4) is 0 Å². The summed E-state index contributed by atoms with van der Waals surface area (Å²) in [5.41, 5.74) is 1.40. The summed E-state index contributed by atoms with van der Waals surface area (Å²) in [6.45, 7) is 1.79. The molecule has 1 aliphatic carbocycles. The quantitative estimate of drug-likeness (QED) is 0.699. The minimum Gasteiger partial charge on any atom is -0.311 e. The maximum atomic E-state index is 5.64. The van der Waals surface area contributed by atoms with E-state index in [9.17, 15) is 0 Å². The van der Waals surface area contributed by atoms with E-state index in [2.05, 4.69) is 5.32 Å². The van der Waals surface area contributed by atoms with Gasteiger partial charge in [-0.2, -0.15) is 0 Å². The van der Waals surface area contributed by atoms with Gasteiger partial charge < -0.3 is 5.32 Å². The topological polar surface area (TPSA) is 12.0 Å². The van der Waals surface area contributed by atoms with E-state index in [1.54, 1.807) is 0 Å². The molecule has 0 bridgehead atoms. The molecular weight excluding hydrogens is 169 g/mol. The number of hydrogen-bond donors (Lipinski definition) is 1. The van der Waals surface area contributed by atoms with Crippen molar-refractivity contribution in [2.24, 2.45) is 5.92 Å². The van der Waals surface area contributed by atoms with Gasteiger partial charge in [-0.25, -0.2) is 0 Å². The smallest absolute Gasteiger partial charge is 0.0431 e. The van der Waals surface area contributed by atoms with Gasteiger partial charge in [-0.1, -0.05) is 23.2 Å². The largest absolute Gasteiger partial charge is 0.311 e. The first-order valence-electron chi connectivity index (χ1n) is 3.48. The highest BCUT2D eigenvalue weighted by atomic mass is 35.5. The van der Waals surface area contributed by atoms with Gasteiger partial charge in [-0.3, -0.25) is 0 Å². The van der Waals surface area contributed by atoms with Gasteiger partial charge in [0.2, 0.25) is 0 Å². The van der Waals surface area contributed by atoms with E-state index in [0.717, 1.165) is 12.5 Å². The molecule has 1 nitrogen and oxygen atoms in total. The summed E-state index contributed by atoms with van der Waals surface area (Å²) in [5, 5.41) is 3.90. The van der Waals surface area contributed by atoms with E-state index in [0.29, 0.717) is 11.6 Å². The number of hydrogen-bond acceptors (Lipinski definition) is 1. The molecule has 1 rings (SSSR count). The predicted molar refractivity (Wildman–Crippen MR) is 45.4 cm³/mol. The summed E-state index contributed by atoms with van der Waals surface area (Å²) in [7, 11) is 0. The van der Waals surface area contributed by atoms with E-state index in [1.165, 1.54) is 18.4 Å². The first-order chi connectivity index (χ1) is 4.83. The summed E-state index contributed by atoms with van der Waals surface area (Å²) < 4.78 is 0. The lowest BCUT2D eigenvalue weighted by atomic mass is 10.4. The molecule has 0 aliphatic heterocycles. The van der Waals surface area contributed by atoms with Gasteiger partial charge in [0.25, 0.3) is 0 Å². The molecular formula is C7H11Cl2N. The van der Waals surface area contributed by atoms with Gasteiger partial charge in [0.15, 0.2) is 0 Å². The fraction of sp³-hybridized carbons (Fsp3) is 0.714. The van der Waals surface area contributed by atoms with Crippen LogP contribution >= 0.6 is 23.2 Å². The first-order valence-corrected chi connectivity index (χ1v) is 4.30. The highest BCUT2D eigenvalue weighted by Gasteiger charge is 2.19. The molecule has 0 saturated heterocycles. The maximum absolute atomic E-state index is 5.64. The predicted octanol–water partition coefficient (Wildman–Crippen LogP) is 2.31. The van der Waals surface area contributed by atoms with Crippen LogP contribution in [0.2, 0.25) is 0 Å². The van der Waals surface area contributed by atoms with Gasteiger partial charge in [0.1, 0.15) is 0 Å². The fourth-order valence-corrected chi connectivity index (χ4v) is 0.928. The highest BCUT2D eigenvalue weighted by Crippen LogP contribution is 2.27. The molecule has 0 amide bonds. The van der Waals surface area contributed by atoms with Crippen molar-refractivity contribution < 1.29 is 0 Å².